The number of aromatic nitrogens is 2. The second-order valence-electron chi connectivity index (χ2n) is 8.09. The Balaban J connectivity index is 1.96. The molecule has 0 fully saturated rings. The SMILES string of the molecule is COc1ccccc1Nc1ncc(C(F)(F)F)c(Nc2ccc(N(C)CCN(C)C)c([N+](=O)[O-])c2)n1. The van der Waals surface area contributed by atoms with Crippen LogP contribution in [0.15, 0.2) is 48.7 Å². The Bertz CT molecular complexity index is 1220. The Morgan fingerprint density at radius 1 is 1.08 bits per heavy atom. The minimum absolute atomic E-state index is 0.0684. The number of para-hydroxylation sites is 2. The fourth-order valence-electron chi connectivity index (χ4n) is 3.29. The van der Waals surface area contributed by atoms with Crippen molar-refractivity contribution in [3.8, 4) is 5.75 Å². The van der Waals surface area contributed by atoms with Crippen LogP contribution in [0.4, 0.5) is 47.7 Å². The van der Waals surface area contributed by atoms with Gasteiger partial charge in [-0.05, 0) is 38.4 Å². The first-order chi connectivity index (χ1) is 17.0. The number of ether oxygens (including phenoxy) is 1. The van der Waals surface area contributed by atoms with Crippen molar-refractivity contribution in [2.75, 3.05) is 56.9 Å². The lowest BCUT2D eigenvalue weighted by Gasteiger charge is -2.22. The summed E-state index contributed by atoms with van der Waals surface area (Å²) in [5.74, 6) is -0.234. The molecule has 0 aliphatic rings. The molecule has 36 heavy (non-hydrogen) atoms. The van der Waals surface area contributed by atoms with Crippen molar-refractivity contribution >= 4 is 34.5 Å². The third kappa shape index (κ3) is 6.50. The van der Waals surface area contributed by atoms with Crippen LogP contribution in [0.25, 0.3) is 0 Å². The molecule has 10 nitrogen and oxygen atoms in total. The number of hydrogen-bond acceptors (Lipinski definition) is 9. The number of rotatable bonds is 10. The van der Waals surface area contributed by atoms with Gasteiger partial charge in [-0.3, -0.25) is 10.1 Å². The van der Waals surface area contributed by atoms with E-state index in [2.05, 4.69) is 20.6 Å². The van der Waals surface area contributed by atoms with Gasteiger partial charge in [-0.25, -0.2) is 4.98 Å². The monoisotopic (exact) mass is 505 g/mol. The standard InChI is InChI=1S/C23H26F3N7O3/c1-31(2)11-12-32(3)18-10-9-15(13-19(18)33(34)35)28-21-16(23(24,25)26)14-27-22(30-21)29-17-7-5-6-8-20(17)36-4/h5-10,13-14H,11-12H2,1-4H3,(H2,27,28,29,30). The number of methoxy groups -OCH3 is 1. The summed E-state index contributed by atoms with van der Waals surface area (Å²) < 4.78 is 46.3. The lowest BCUT2D eigenvalue weighted by Crippen LogP contribution is -2.28. The minimum Gasteiger partial charge on any atom is -0.495 e. The Labute approximate surface area is 205 Å². The number of alkyl halides is 3. The maximum Gasteiger partial charge on any atom is 0.421 e. The first-order valence-electron chi connectivity index (χ1n) is 10.7. The van der Waals surface area contributed by atoms with Gasteiger partial charge < -0.3 is 25.2 Å². The van der Waals surface area contributed by atoms with Crippen molar-refractivity contribution < 1.29 is 22.8 Å². The number of likely N-dealkylation sites (N-methyl/N-ethyl adjacent to an activating group) is 2. The van der Waals surface area contributed by atoms with E-state index in [9.17, 15) is 23.3 Å². The first kappa shape index (κ1) is 26.5. The van der Waals surface area contributed by atoms with Crippen molar-refractivity contribution in [1.29, 1.82) is 0 Å². The van der Waals surface area contributed by atoms with Crippen LogP contribution in [-0.4, -0.2) is 61.1 Å². The third-order valence-corrected chi connectivity index (χ3v) is 5.18. The molecule has 0 atom stereocenters. The summed E-state index contributed by atoms with van der Waals surface area (Å²) in [6.07, 6.45) is -4.12. The molecule has 13 heteroatoms. The zero-order chi connectivity index (χ0) is 26.5. The van der Waals surface area contributed by atoms with Gasteiger partial charge in [0.05, 0.1) is 17.7 Å². The summed E-state index contributed by atoms with van der Waals surface area (Å²) >= 11 is 0. The van der Waals surface area contributed by atoms with E-state index in [0.717, 1.165) is 0 Å². The molecule has 1 heterocycles. The van der Waals surface area contributed by atoms with Crippen LogP contribution >= 0.6 is 0 Å². The average Bonchev–Trinajstić information content (AvgIpc) is 2.82. The van der Waals surface area contributed by atoms with Crippen LogP contribution in [0.2, 0.25) is 0 Å². The quantitative estimate of drug-likeness (QED) is 0.294. The minimum atomic E-state index is -4.76. The predicted octanol–water partition coefficient (Wildman–Crippen LogP) is 4.90. The molecular weight excluding hydrogens is 479 g/mol. The van der Waals surface area contributed by atoms with Gasteiger partial charge in [-0.1, -0.05) is 12.1 Å². The second kappa shape index (κ2) is 11.1. The van der Waals surface area contributed by atoms with Crippen molar-refractivity contribution in [3.05, 3.63) is 64.3 Å². The van der Waals surface area contributed by atoms with Crippen molar-refractivity contribution in [1.82, 2.24) is 14.9 Å². The zero-order valence-corrected chi connectivity index (χ0v) is 20.1. The number of nitro groups is 1. The van der Waals surface area contributed by atoms with Crippen LogP contribution in [-0.2, 0) is 6.18 Å². The van der Waals surface area contributed by atoms with Crippen LogP contribution in [0.5, 0.6) is 5.75 Å². The molecule has 192 valence electrons. The summed E-state index contributed by atoms with van der Waals surface area (Å²) in [6, 6.07) is 10.9. The molecule has 3 rings (SSSR count). The zero-order valence-electron chi connectivity index (χ0n) is 20.1. The second-order valence-corrected chi connectivity index (χ2v) is 8.09. The van der Waals surface area contributed by atoms with Crippen molar-refractivity contribution in [3.63, 3.8) is 0 Å². The van der Waals surface area contributed by atoms with Crippen LogP contribution in [0, 0.1) is 10.1 Å². The summed E-state index contributed by atoms with van der Waals surface area (Å²) in [6.45, 7) is 1.17. The topological polar surface area (TPSA) is 109 Å². The average molecular weight is 506 g/mol. The van der Waals surface area contributed by atoms with Gasteiger partial charge in [0.15, 0.2) is 0 Å². The number of nitro benzene ring substituents is 1. The van der Waals surface area contributed by atoms with E-state index in [1.165, 1.54) is 25.3 Å². The van der Waals surface area contributed by atoms with E-state index in [1.54, 1.807) is 36.2 Å². The highest BCUT2D eigenvalue weighted by Crippen LogP contribution is 2.37. The Morgan fingerprint density at radius 2 is 1.81 bits per heavy atom. The fourth-order valence-corrected chi connectivity index (χ4v) is 3.29. The maximum absolute atomic E-state index is 13.7. The van der Waals surface area contributed by atoms with Gasteiger partial charge in [0.1, 0.15) is 22.8 Å². The number of anilines is 5. The molecule has 0 saturated carbocycles. The molecule has 0 spiro atoms. The third-order valence-electron chi connectivity index (χ3n) is 5.18. The number of halogens is 3. The summed E-state index contributed by atoms with van der Waals surface area (Å²) in [4.78, 5) is 22.6. The Kier molecular flexibility index (Phi) is 8.14. The summed E-state index contributed by atoms with van der Waals surface area (Å²) in [5, 5.41) is 17.1. The molecular formula is C23H26F3N7O3. The smallest absolute Gasteiger partial charge is 0.421 e. The van der Waals surface area contributed by atoms with E-state index in [4.69, 9.17) is 4.74 Å². The summed E-state index contributed by atoms with van der Waals surface area (Å²) in [7, 11) is 6.93. The summed E-state index contributed by atoms with van der Waals surface area (Å²) in [5.41, 5.74) is -0.519. The van der Waals surface area contributed by atoms with Crippen molar-refractivity contribution in [2.24, 2.45) is 0 Å². The highest BCUT2D eigenvalue weighted by atomic mass is 19.4. The highest BCUT2D eigenvalue weighted by molar-refractivity contribution is 5.72. The van der Waals surface area contributed by atoms with Crippen LogP contribution in [0.3, 0.4) is 0 Å². The lowest BCUT2D eigenvalue weighted by atomic mass is 10.2. The molecule has 2 aromatic carbocycles. The molecule has 0 amide bonds. The van der Waals surface area contributed by atoms with Gasteiger partial charge in [0.25, 0.3) is 5.69 Å². The largest absolute Gasteiger partial charge is 0.495 e. The van der Waals surface area contributed by atoms with E-state index in [0.29, 0.717) is 36.4 Å². The van der Waals surface area contributed by atoms with Gasteiger partial charge >= 0.3 is 6.18 Å². The number of hydrogen-bond donors (Lipinski definition) is 2. The molecule has 0 aliphatic heterocycles. The molecule has 0 radical (unpaired) electrons. The van der Waals surface area contributed by atoms with Gasteiger partial charge in [-0.2, -0.15) is 18.2 Å². The number of benzene rings is 2. The lowest BCUT2D eigenvalue weighted by molar-refractivity contribution is -0.384. The molecule has 2 N–H and O–H groups in total. The highest BCUT2D eigenvalue weighted by Gasteiger charge is 2.35. The van der Waals surface area contributed by atoms with Gasteiger partial charge in [0, 0.05) is 38.1 Å². The van der Waals surface area contributed by atoms with Gasteiger partial charge in [-0.15, -0.1) is 0 Å². The van der Waals surface area contributed by atoms with Crippen LogP contribution < -0.4 is 20.3 Å². The predicted molar refractivity (Wildman–Crippen MR) is 132 cm³/mol. The Hall–Kier alpha value is -4.13. The fraction of sp³-hybridized carbons (Fsp3) is 0.304. The maximum atomic E-state index is 13.7. The molecule has 0 bridgehead atoms. The molecule has 0 unspecified atom stereocenters. The number of nitrogens with zero attached hydrogens (tertiary/aromatic N) is 5. The van der Waals surface area contributed by atoms with Crippen molar-refractivity contribution in [2.45, 2.75) is 6.18 Å². The van der Waals surface area contributed by atoms with E-state index < -0.39 is 22.5 Å². The van der Waals surface area contributed by atoms with E-state index in [1.807, 2.05) is 19.0 Å². The molecule has 3 aromatic rings. The number of nitrogens with one attached hydrogen (secondary N) is 2. The Morgan fingerprint density at radius 3 is 2.44 bits per heavy atom. The molecule has 0 aliphatic carbocycles. The van der Waals surface area contributed by atoms with E-state index in [-0.39, 0.29) is 17.3 Å². The normalized spacial score (nSPS) is 11.3. The first-order valence-corrected chi connectivity index (χ1v) is 10.7. The molecule has 0 saturated heterocycles. The van der Waals surface area contributed by atoms with Crippen LogP contribution in [0.1, 0.15) is 5.56 Å². The van der Waals surface area contributed by atoms with Gasteiger partial charge in [0.2, 0.25) is 5.95 Å². The molecule has 1 aromatic heterocycles. The van der Waals surface area contributed by atoms with E-state index >= 15 is 0 Å².